The first-order valence-electron chi connectivity index (χ1n) is 5.63. The number of para-hydroxylation sites is 1. The predicted octanol–water partition coefficient (Wildman–Crippen LogP) is 2.09. The summed E-state index contributed by atoms with van der Waals surface area (Å²) in [5, 5.41) is 6.66. The van der Waals surface area contributed by atoms with Gasteiger partial charge in [-0.05, 0) is 6.07 Å². The minimum absolute atomic E-state index is 0.953. The van der Waals surface area contributed by atoms with Crippen LogP contribution in [-0.4, -0.2) is 24.5 Å². The third-order valence-electron chi connectivity index (χ3n) is 2.96. The molecule has 0 saturated heterocycles. The van der Waals surface area contributed by atoms with Crippen molar-refractivity contribution in [2.75, 3.05) is 0 Å². The van der Waals surface area contributed by atoms with Gasteiger partial charge in [-0.15, -0.1) is 0 Å². The Morgan fingerprint density at radius 2 is 2.06 bits per heavy atom. The van der Waals surface area contributed by atoms with Crippen LogP contribution in [0.5, 0.6) is 0 Å². The molecule has 5 heteroatoms. The second kappa shape index (κ2) is 3.40. The fraction of sp³-hybridized carbons (Fsp3) is 0. The number of pyridine rings is 1. The molecular weight excluding hydrogens is 226 g/mol. The van der Waals surface area contributed by atoms with Crippen LogP contribution in [0.2, 0.25) is 0 Å². The van der Waals surface area contributed by atoms with Crippen LogP contribution in [0.15, 0.2) is 55.4 Å². The highest BCUT2D eigenvalue weighted by Crippen LogP contribution is 2.21. The van der Waals surface area contributed by atoms with Gasteiger partial charge in [-0.25, -0.2) is 9.66 Å². The molecule has 5 nitrogen and oxygen atoms in total. The number of rotatable bonds is 1. The van der Waals surface area contributed by atoms with Crippen molar-refractivity contribution in [3.8, 4) is 0 Å². The molecule has 0 spiro atoms. The van der Waals surface area contributed by atoms with Crippen LogP contribution in [0.4, 0.5) is 0 Å². The largest absolute Gasteiger partial charge is 0.255 e. The summed E-state index contributed by atoms with van der Waals surface area (Å²) >= 11 is 0. The van der Waals surface area contributed by atoms with Crippen molar-refractivity contribution in [3.63, 3.8) is 0 Å². The zero-order valence-corrected chi connectivity index (χ0v) is 9.43. The molecule has 0 unspecified atom stereocenters. The Morgan fingerprint density at radius 1 is 1.11 bits per heavy atom. The average molecular weight is 235 g/mol. The van der Waals surface area contributed by atoms with Crippen molar-refractivity contribution in [1.82, 2.24) is 24.5 Å². The molecule has 0 aliphatic heterocycles. The van der Waals surface area contributed by atoms with E-state index in [2.05, 4.69) is 15.1 Å². The summed E-state index contributed by atoms with van der Waals surface area (Å²) in [4.78, 5) is 10.2. The minimum Gasteiger partial charge on any atom is -0.255 e. The Balaban J connectivity index is 2.08. The number of hydrogen-bond acceptors (Lipinski definition) is 3. The van der Waals surface area contributed by atoms with Crippen molar-refractivity contribution >= 4 is 21.8 Å². The number of hydrogen-bond donors (Lipinski definition) is 0. The Kier molecular flexibility index (Phi) is 1.77. The molecule has 3 heterocycles. The first-order valence-corrected chi connectivity index (χ1v) is 5.63. The fourth-order valence-corrected chi connectivity index (χ4v) is 2.10. The normalized spacial score (nSPS) is 11.3. The quantitative estimate of drug-likeness (QED) is 0.507. The van der Waals surface area contributed by atoms with E-state index in [1.807, 2.05) is 47.5 Å². The summed E-state index contributed by atoms with van der Waals surface area (Å²) in [7, 11) is 0. The van der Waals surface area contributed by atoms with Crippen LogP contribution in [0.3, 0.4) is 0 Å². The van der Waals surface area contributed by atoms with Gasteiger partial charge >= 0.3 is 0 Å². The monoisotopic (exact) mass is 235 g/mol. The Morgan fingerprint density at radius 3 is 2.94 bits per heavy atom. The molecule has 0 fully saturated rings. The van der Waals surface area contributed by atoms with Gasteiger partial charge < -0.3 is 0 Å². The van der Waals surface area contributed by atoms with Crippen molar-refractivity contribution < 1.29 is 0 Å². The zero-order chi connectivity index (χ0) is 11.9. The zero-order valence-electron chi connectivity index (χ0n) is 9.43. The van der Waals surface area contributed by atoms with E-state index >= 15 is 0 Å². The third-order valence-corrected chi connectivity index (χ3v) is 2.96. The number of imidazole rings is 1. The lowest BCUT2D eigenvalue weighted by Crippen LogP contribution is -2.06. The first-order chi connectivity index (χ1) is 8.92. The van der Waals surface area contributed by atoms with Crippen LogP contribution in [0, 0.1) is 0 Å². The first kappa shape index (κ1) is 9.35. The van der Waals surface area contributed by atoms with E-state index in [0.717, 1.165) is 21.8 Å². The molecule has 0 atom stereocenters. The highest BCUT2D eigenvalue weighted by atomic mass is 15.6. The smallest absolute Gasteiger partial charge is 0.116 e. The lowest BCUT2D eigenvalue weighted by Gasteiger charge is -1.98. The van der Waals surface area contributed by atoms with Gasteiger partial charge in [-0.1, -0.05) is 18.2 Å². The van der Waals surface area contributed by atoms with Gasteiger partial charge in [0.25, 0.3) is 0 Å². The SMILES string of the molecule is c1ccc2c(c1)ncc1cn(-n3ccnc3)nc12. The lowest BCUT2D eigenvalue weighted by atomic mass is 10.2. The molecule has 4 aromatic rings. The van der Waals surface area contributed by atoms with E-state index < -0.39 is 0 Å². The van der Waals surface area contributed by atoms with Crippen molar-refractivity contribution in [2.24, 2.45) is 0 Å². The average Bonchev–Trinajstić information content (AvgIpc) is 3.07. The molecule has 4 rings (SSSR count). The molecular formula is C13H9N5. The molecule has 0 bridgehead atoms. The van der Waals surface area contributed by atoms with Gasteiger partial charge in [0, 0.05) is 29.4 Å². The maximum Gasteiger partial charge on any atom is 0.116 e. The highest BCUT2D eigenvalue weighted by Gasteiger charge is 2.06. The molecule has 0 radical (unpaired) electrons. The summed E-state index contributed by atoms with van der Waals surface area (Å²) in [6, 6.07) is 8.01. The highest BCUT2D eigenvalue weighted by molar-refractivity contribution is 6.02. The summed E-state index contributed by atoms with van der Waals surface area (Å²) < 4.78 is 1.81. The number of benzene rings is 1. The van der Waals surface area contributed by atoms with Gasteiger partial charge in [0.1, 0.15) is 11.8 Å². The summed E-state index contributed by atoms with van der Waals surface area (Å²) in [5.41, 5.74) is 1.91. The van der Waals surface area contributed by atoms with E-state index in [0.29, 0.717) is 0 Å². The van der Waals surface area contributed by atoms with Gasteiger partial charge in [0.2, 0.25) is 0 Å². The minimum atomic E-state index is 0.953. The molecule has 0 N–H and O–H groups in total. The van der Waals surface area contributed by atoms with Gasteiger partial charge in [-0.2, -0.15) is 9.89 Å². The fourth-order valence-electron chi connectivity index (χ4n) is 2.10. The second-order valence-electron chi connectivity index (χ2n) is 4.07. The van der Waals surface area contributed by atoms with Gasteiger partial charge in [-0.3, -0.25) is 4.98 Å². The van der Waals surface area contributed by atoms with Crippen LogP contribution in [0.1, 0.15) is 0 Å². The van der Waals surface area contributed by atoms with E-state index in [1.165, 1.54) is 0 Å². The molecule has 0 aliphatic rings. The molecule has 0 saturated carbocycles. The molecule has 18 heavy (non-hydrogen) atoms. The Bertz CT molecular complexity index is 829. The van der Waals surface area contributed by atoms with E-state index in [9.17, 15) is 0 Å². The molecule has 3 aromatic heterocycles. The summed E-state index contributed by atoms with van der Waals surface area (Å²) in [6.07, 6.45) is 9.07. The Hall–Kier alpha value is -2.69. The number of aromatic nitrogens is 5. The topological polar surface area (TPSA) is 48.5 Å². The van der Waals surface area contributed by atoms with Crippen molar-refractivity contribution in [2.45, 2.75) is 0 Å². The molecule has 86 valence electrons. The van der Waals surface area contributed by atoms with Gasteiger partial charge in [0.05, 0.1) is 11.7 Å². The van der Waals surface area contributed by atoms with Crippen LogP contribution in [0.25, 0.3) is 21.8 Å². The predicted molar refractivity (Wildman–Crippen MR) is 68.1 cm³/mol. The van der Waals surface area contributed by atoms with Crippen LogP contribution >= 0.6 is 0 Å². The maximum atomic E-state index is 4.58. The van der Waals surface area contributed by atoms with E-state index in [-0.39, 0.29) is 0 Å². The third kappa shape index (κ3) is 1.24. The Labute approximate surface area is 102 Å². The second-order valence-corrected chi connectivity index (χ2v) is 4.07. The van der Waals surface area contributed by atoms with Crippen molar-refractivity contribution in [1.29, 1.82) is 0 Å². The van der Waals surface area contributed by atoms with Crippen molar-refractivity contribution in [3.05, 3.63) is 55.4 Å². The number of fused-ring (bicyclic) bond motifs is 3. The van der Waals surface area contributed by atoms with Crippen LogP contribution < -0.4 is 0 Å². The standard InChI is InChI=1S/C13H9N5/c1-2-4-12-11(3-1)13-10(7-15-12)8-18(16-13)17-6-5-14-9-17/h1-9H. The summed E-state index contributed by atoms with van der Waals surface area (Å²) in [5.74, 6) is 0. The molecule has 0 amide bonds. The molecule has 1 aromatic carbocycles. The maximum absolute atomic E-state index is 4.58. The van der Waals surface area contributed by atoms with Crippen LogP contribution in [-0.2, 0) is 0 Å². The summed E-state index contributed by atoms with van der Waals surface area (Å²) in [6.45, 7) is 0. The van der Waals surface area contributed by atoms with Gasteiger partial charge in [0.15, 0.2) is 0 Å². The van der Waals surface area contributed by atoms with E-state index in [1.54, 1.807) is 17.3 Å². The lowest BCUT2D eigenvalue weighted by molar-refractivity contribution is 0.580. The molecule has 0 aliphatic carbocycles. The van der Waals surface area contributed by atoms with E-state index in [4.69, 9.17) is 0 Å². The number of nitrogens with zero attached hydrogens (tertiary/aromatic N) is 5.